The molecule has 0 aliphatic heterocycles. The summed E-state index contributed by atoms with van der Waals surface area (Å²) in [5, 5.41) is 11.5. The van der Waals surface area contributed by atoms with Crippen LogP contribution in [0.5, 0.6) is 0 Å². The first kappa shape index (κ1) is 14.2. The molecule has 0 aromatic heterocycles. The molecule has 4 N–H and O–H groups in total. The number of hydrogen-bond acceptors (Lipinski definition) is 3. The predicted molar refractivity (Wildman–Crippen MR) is 69.2 cm³/mol. The molecule has 1 aromatic rings. The van der Waals surface area contributed by atoms with E-state index in [1.54, 1.807) is 24.3 Å². The molecule has 0 fully saturated rings. The van der Waals surface area contributed by atoms with Crippen molar-refractivity contribution >= 4 is 17.6 Å². The minimum absolute atomic E-state index is 0.0247. The number of hydrogen-bond donors (Lipinski definition) is 3. The van der Waals surface area contributed by atoms with E-state index in [0.29, 0.717) is 11.3 Å². The van der Waals surface area contributed by atoms with Crippen LogP contribution in [0.25, 0.3) is 0 Å². The molecule has 0 radical (unpaired) electrons. The van der Waals surface area contributed by atoms with Crippen molar-refractivity contribution in [2.75, 3.05) is 5.32 Å². The van der Waals surface area contributed by atoms with E-state index in [1.807, 2.05) is 13.8 Å². The first-order valence-corrected chi connectivity index (χ1v) is 5.78. The lowest BCUT2D eigenvalue weighted by atomic mass is 10.0. The summed E-state index contributed by atoms with van der Waals surface area (Å²) in [7, 11) is 0. The highest BCUT2D eigenvalue weighted by Crippen LogP contribution is 2.16. The van der Waals surface area contributed by atoms with Gasteiger partial charge < -0.3 is 16.2 Å². The van der Waals surface area contributed by atoms with Crippen molar-refractivity contribution in [2.45, 2.75) is 26.3 Å². The summed E-state index contributed by atoms with van der Waals surface area (Å²) in [4.78, 5) is 22.5. The molecule has 1 atom stereocenters. The van der Waals surface area contributed by atoms with Gasteiger partial charge in [0.1, 0.15) is 0 Å². The lowest BCUT2D eigenvalue weighted by Gasteiger charge is -2.16. The van der Waals surface area contributed by atoms with Crippen LogP contribution in [0.3, 0.4) is 0 Å². The summed E-state index contributed by atoms with van der Waals surface area (Å²) in [5.74, 6) is -1.22. The molecule has 0 saturated carbocycles. The molecule has 18 heavy (non-hydrogen) atoms. The van der Waals surface area contributed by atoms with Gasteiger partial charge in [-0.2, -0.15) is 0 Å². The van der Waals surface area contributed by atoms with Crippen molar-refractivity contribution in [3.63, 3.8) is 0 Å². The first-order chi connectivity index (χ1) is 8.41. The Kier molecular flexibility index (Phi) is 4.85. The Morgan fingerprint density at radius 2 is 1.94 bits per heavy atom. The van der Waals surface area contributed by atoms with Crippen molar-refractivity contribution < 1.29 is 14.7 Å². The predicted octanol–water partition coefficient (Wildman–Crippen LogP) is 1.24. The molecule has 98 valence electrons. The monoisotopic (exact) mass is 250 g/mol. The third-order valence-corrected chi connectivity index (χ3v) is 2.64. The minimum atomic E-state index is -0.940. The molecule has 0 unspecified atom stereocenters. The number of aliphatic carboxylic acids is 1. The maximum atomic E-state index is 11.8. The van der Waals surface area contributed by atoms with E-state index in [2.05, 4.69) is 5.32 Å². The molecule has 5 nitrogen and oxygen atoms in total. The van der Waals surface area contributed by atoms with E-state index in [4.69, 9.17) is 10.8 Å². The van der Waals surface area contributed by atoms with Crippen LogP contribution < -0.4 is 11.1 Å². The van der Waals surface area contributed by atoms with Crippen molar-refractivity contribution in [2.24, 2.45) is 11.7 Å². The number of carboxylic acid groups (broad SMARTS) is 1. The van der Waals surface area contributed by atoms with Crippen LogP contribution in [0.2, 0.25) is 0 Å². The zero-order chi connectivity index (χ0) is 13.7. The van der Waals surface area contributed by atoms with Crippen molar-refractivity contribution in [1.29, 1.82) is 0 Å². The summed E-state index contributed by atoms with van der Waals surface area (Å²) in [5.41, 5.74) is 6.80. The van der Waals surface area contributed by atoms with Crippen LogP contribution in [0, 0.1) is 5.92 Å². The summed E-state index contributed by atoms with van der Waals surface area (Å²) in [6.07, 6.45) is -0.132. The number of anilines is 1. The lowest BCUT2D eigenvalue weighted by Crippen LogP contribution is -2.39. The summed E-state index contributed by atoms with van der Waals surface area (Å²) < 4.78 is 0. The third kappa shape index (κ3) is 3.85. The molecule has 0 aliphatic rings. The highest BCUT2D eigenvalue weighted by atomic mass is 16.4. The van der Waals surface area contributed by atoms with Crippen molar-refractivity contribution in [1.82, 2.24) is 0 Å². The molecule has 1 rings (SSSR count). The second-order valence-corrected chi connectivity index (χ2v) is 4.49. The average Bonchev–Trinajstić information content (AvgIpc) is 2.29. The standard InChI is InChI=1S/C13H18N2O3/c1-8(2)12(14)13(18)15-10-6-4-3-5-9(10)7-11(16)17/h3-6,8,12H,7,14H2,1-2H3,(H,15,18)(H,16,17)/t12-/m1/s1. The summed E-state index contributed by atoms with van der Waals surface area (Å²) in [6, 6.07) is 6.20. The Bertz CT molecular complexity index is 444. The van der Waals surface area contributed by atoms with Gasteiger partial charge in [-0.3, -0.25) is 9.59 Å². The van der Waals surface area contributed by atoms with E-state index >= 15 is 0 Å². The number of carbonyl (C=O) groups is 2. The number of nitrogens with one attached hydrogen (secondary N) is 1. The fourth-order valence-corrected chi connectivity index (χ4v) is 1.48. The fraction of sp³-hybridized carbons (Fsp3) is 0.385. The van der Waals surface area contributed by atoms with Crippen LogP contribution in [0.1, 0.15) is 19.4 Å². The molecule has 0 saturated heterocycles. The maximum Gasteiger partial charge on any atom is 0.307 e. The molecular formula is C13H18N2O3. The quantitative estimate of drug-likeness (QED) is 0.733. The van der Waals surface area contributed by atoms with Gasteiger partial charge in [0.15, 0.2) is 0 Å². The van der Waals surface area contributed by atoms with Gasteiger partial charge in [-0.15, -0.1) is 0 Å². The first-order valence-electron chi connectivity index (χ1n) is 5.78. The topological polar surface area (TPSA) is 92.4 Å². The van der Waals surface area contributed by atoms with Gasteiger partial charge in [0.2, 0.25) is 5.91 Å². The van der Waals surface area contributed by atoms with Gasteiger partial charge >= 0.3 is 5.97 Å². The van der Waals surface area contributed by atoms with Gasteiger partial charge in [0, 0.05) is 5.69 Å². The zero-order valence-electron chi connectivity index (χ0n) is 10.5. The van der Waals surface area contributed by atoms with E-state index in [1.165, 1.54) is 0 Å². The number of benzene rings is 1. The molecule has 0 bridgehead atoms. The average molecular weight is 250 g/mol. The van der Waals surface area contributed by atoms with Gasteiger partial charge in [-0.25, -0.2) is 0 Å². The molecule has 5 heteroatoms. The third-order valence-electron chi connectivity index (χ3n) is 2.64. The van der Waals surface area contributed by atoms with E-state index in [0.717, 1.165) is 0 Å². The molecule has 1 amide bonds. The Morgan fingerprint density at radius 3 is 2.50 bits per heavy atom. The van der Waals surface area contributed by atoms with Crippen LogP contribution in [-0.4, -0.2) is 23.0 Å². The van der Waals surface area contributed by atoms with Crippen LogP contribution in [0.15, 0.2) is 24.3 Å². The number of amides is 1. The Labute approximate surface area is 106 Å². The van der Waals surface area contributed by atoms with Crippen LogP contribution in [-0.2, 0) is 16.0 Å². The largest absolute Gasteiger partial charge is 0.481 e. The molecule has 1 aromatic carbocycles. The number of rotatable bonds is 5. The smallest absolute Gasteiger partial charge is 0.307 e. The maximum absolute atomic E-state index is 11.8. The van der Waals surface area contributed by atoms with E-state index in [9.17, 15) is 9.59 Å². The number of carboxylic acids is 1. The zero-order valence-corrected chi connectivity index (χ0v) is 10.5. The van der Waals surface area contributed by atoms with Gasteiger partial charge in [0.25, 0.3) is 0 Å². The van der Waals surface area contributed by atoms with Crippen molar-refractivity contribution in [3.05, 3.63) is 29.8 Å². The molecule has 0 spiro atoms. The fourth-order valence-electron chi connectivity index (χ4n) is 1.48. The number of nitrogens with two attached hydrogens (primary N) is 1. The van der Waals surface area contributed by atoms with Gasteiger partial charge in [0.05, 0.1) is 12.5 Å². The molecule has 0 heterocycles. The Morgan fingerprint density at radius 1 is 1.33 bits per heavy atom. The second-order valence-electron chi connectivity index (χ2n) is 4.49. The normalized spacial score (nSPS) is 12.2. The summed E-state index contributed by atoms with van der Waals surface area (Å²) in [6.45, 7) is 3.71. The van der Waals surface area contributed by atoms with Crippen LogP contribution >= 0.6 is 0 Å². The van der Waals surface area contributed by atoms with Gasteiger partial charge in [-0.1, -0.05) is 32.0 Å². The highest BCUT2D eigenvalue weighted by Gasteiger charge is 2.18. The summed E-state index contributed by atoms with van der Waals surface area (Å²) >= 11 is 0. The minimum Gasteiger partial charge on any atom is -0.481 e. The van der Waals surface area contributed by atoms with Crippen LogP contribution in [0.4, 0.5) is 5.69 Å². The number of carbonyl (C=O) groups excluding carboxylic acids is 1. The lowest BCUT2D eigenvalue weighted by molar-refractivity contribution is -0.136. The highest BCUT2D eigenvalue weighted by molar-refractivity contribution is 5.96. The SMILES string of the molecule is CC(C)[C@@H](N)C(=O)Nc1ccccc1CC(=O)O. The second kappa shape index (κ2) is 6.16. The van der Waals surface area contributed by atoms with Gasteiger partial charge in [-0.05, 0) is 17.5 Å². The molecule has 0 aliphatic carbocycles. The van der Waals surface area contributed by atoms with E-state index in [-0.39, 0.29) is 18.2 Å². The van der Waals surface area contributed by atoms with Crippen molar-refractivity contribution in [3.8, 4) is 0 Å². The molecular weight excluding hydrogens is 232 g/mol. The van der Waals surface area contributed by atoms with E-state index < -0.39 is 12.0 Å². The Hall–Kier alpha value is -1.88. The number of para-hydroxylation sites is 1. The Balaban J connectivity index is 2.84.